The molecule has 0 aliphatic carbocycles. The third-order valence-corrected chi connectivity index (χ3v) is 5.27. The normalized spacial score (nSPS) is 12.7. The summed E-state index contributed by atoms with van der Waals surface area (Å²) in [6, 6.07) is 14.7. The molecule has 2 N–H and O–H groups in total. The number of carbonyl (C=O) groups is 2. The first-order valence-corrected chi connectivity index (χ1v) is 9.84. The van der Waals surface area contributed by atoms with Crippen molar-refractivity contribution in [2.45, 2.75) is 43.4 Å². The van der Waals surface area contributed by atoms with E-state index in [2.05, 4.69) is 10.6 Å². The second-order valence-electron chi connectivity index (χ2n) is 6.25. The van der Waals surface area contributed by atoms with Gasteiger partial charge in [-0.05, 0) is 56.7 Å². The number of carbonyl (C=O) groups excluding carboxylic acids is 2. The molecule has 2 rings (SSSR count). The maximum atomic E-state index is 12.6. The molecule has 0 radical (unpaired) electrons. The number of thioether (sulfide) groups is 1. The van der Waals surface area contributed by atoms with E-state index in [9.17, 15) is 9.59 Å². The van der Waals surface area contributed by atoms with Gasteiger partial charge in [0.25, 0.3) is 5.91 Å². The second-order valence-corrected chi connectivity index (χ2v) is 7.67. The van der Waals surface area contributed by atoms with Crippen molar-refractivity contribution >= 4 is 29.3 Å². The molecule has 0 saturated carbocycles. The lowest BCUT2D eigenvalue weighted by molar-refractivity contribution is -0.115. The Kier molecular flexibility index (Phi) is 7.73. The lowest BCUT2D eigenvalue weighted by Crippen LogP contribution is -2.33. The predicted octanol–water partition coefficient (Wildman–Crippen LogP) is 4.34. The molecule has 144 valence electrons. The maximum Gasteiger partial charge on any atom is 0.253 e. The van der Waals surface area contributed by atoms with Crippen LogP contribution in [-0.4, -0.2) is 30.2 Å². The standard InChI is InChI=1S/C21H26N2O3S/c1-5-14(2)22-21(25)18-8-6-7-9-19(18)23-20(24)15(3)27-17-12-10-16(26-4)11-13-17/h6-15H,5H2,1-4H3,(H,22,25)(H,23,24)/t14-,15-/m0/s1. The van der Waals surface area contributed by atoms with Crippen LogP contribution in [0.3, 0.4) is 0 Å². The largest absolute Gasteiger partial charge is 0.497 e. The number of methoxy groups -OCH3 is 1. The van der Waals surface area contributed by atoms with Crippen molar-refractivity contribution in [2.24, 2.45) is 0 Å². The Morgan fingerprint density at radius 1 is 1.07 bits per heavy atom. The number of hydrogen-bond acceptors (Lipinski definition) is 4. The minimum atomic E-state index is -0.316. The highest BCUT2D eigenvalue weighted by Gasteiger charge is 2.18. The Balaban J connectivity index is 2.04. The van der Waals surface area contributed by atoms with Crippen molar-refractivity contribution in [1.82, 2.24) is 5.32 Å². The van der Waals surface area contributed by atoms with Gasteiger partial charge >= 0.3 is 0 Å². The van der Waals surface area contributed by atoms with Crippen LogP contribution in [0.5, 0.6) is 5.75 Å². The van der Waals surface area contributed by atoms with Gasteiger partial charge in [-0.1, -0.05) is 19.1 Å². The lowest BCUT2D eigenvalue weighted by atomic mass is 10.1. The van der Waals surface area contributed by atoms with E-state index in [0.29, 0.717) is 11.3 Å². The summed E-state index contributed by atoms with van der Waals surface area (Å²) in [5.41, 5.74) is 0.985. The molecule has 0 aliphatic heterocycles. The zero-order valence-corrected chi connectivity index (χ0v) is 16.9. The molecule has 0 aromatic heterocycles. The van der Waals surface area contributed by atoms with E-state index >= 15 is 0 Å². The Labute approximate surface area is 164 Å². The molecule has 2 atom stereocenters. The van der Waals surface area contributed by atoms with Crippen molar-refractivity contribution in [3.05, 3.63) is 54.1 Å². The van der Waals surface area contributed by atoms with Crippen molar-refractivity contribution < 1.29 is 14.3 Å². The van der Waals surface area contributed by atoms with E-state index in [1.54, 1.807) is 31.4 Å². The quantitative estimate of drug-likeness (QED) is 0.662. The molecule has 0 fully saturated rings. The predicted molar refractivity (Wildman–Crippen MR) is 111 cm³/mol. The van der Waals surface area contributed by atoms with Crippen LogP contribution < -0.4 is 15.4 Å². The van der Waals surface area contributed by atoms with E-state index in [4.69, 9.17) is 4.74 Å². The number of hydrogen-bond donors (Lipinski definition) is 2. The molecular weight excluding hydrogens is 360 g/mol. The Morgan fingerprint density at radius 2 is 1.74 bits per heavy atom. The van der Waals surface area contributed by atoms with Crippen LogP contribution in [-0.2, 0) is 4.79 Å². The molecular formula is C21H26N2O3S. The topological polar surface area (TPSA) is 67.4 Å². The summed E-state index contributed by atoms with van der Waals surface area (Å²) < 4.78 is 5.15. The first-order valence-electron chi connectivity index (χ1n) is 8.96. The first kappa shape index (κ1) is 20.8. The van der Waals surface area contributed by atoms with Crippen LogP contribution >= 0.6 is 11.8 Å². The van der Waals surface area contributed by atoms with Crippen molar-refractivity contribution in [3.8, 4) is 5.75 Å². The van der Waals surface area contributed by atoms with Gasteiger partial charge in [-0.25, -0.2) is 0 Å². The molecule has 0 unspecified atom stereocenters. The van der Waals surface area contributed by atoms with Crippen molar-refractivity contribution in [2.75, 3.05) is 12.4 Å². The number of benzene rings is 2. The van der Waals surface area contributed by atoms with Gasteiger partial charge in [0.15, 0.2) is 0 Å². The summed E-state index contributed by atoms with van der Waals surface area (Å²) in [5.74, 6) is 0.438. The fraction of sp³-hybridized carbons (Fsp3) is 0.333. The second kappa shape index (κ2) is 10.0. The van der Waals surface area contributed by atoms with Crippen LogP contribution in [0, 0.1) is 0 Å². The fourth-order valence-electron chi connectivity index (χ4n) is 2.34. The number of ether oxygens (including phenoxy) is 1. The van der Waals surface area contributed by atoms with Gasteiger partial charge in [0, 0.05) is 10.9 Å². The van der Waals surface area contributed by atoms with E-state index in [1.165, 1.54) is 11.8 Å². The van der Waals surface area contributed by atoms with Gasteiger partial charge in [0.05, 0.1) is 23.6 Å². The molecule has 0 bridgehead atoms. The minimum Gasteiger partial charge on any atom is -0.497 e. The van der Waals surface area contributed by atoms with Crippen LogP contribution in [0.2, 0.25) is 0 Å². The van der Waals surface area contributed by atoms with Crippen LogP contribution in [0.25, 0.3) is 0 Å². The molecule has 0 heterocycles. The molecule has 6 heteroatoms. The summed E-state index contributed by atoms with van der Waals surface area (Å²) in [6.07, 6.45) is 0.843. The van der Waals surface area contributed by atoms with E-state index in [-0.39, 0.29) is 23.1 Å². The van der Waals surface area contributed by atoms with Crippen LogP contribution in [0.15, 0.2) is 53.4 Å². The van der Waals surface area contributed by atoms with Gasteiger partial charge in [-0.2, -0.15) is 0 Å². The van der Waals surface area contributed by atoms with Gasteiger partial charge < -0.3 is 15.4 Å². The average Bonchev–Trinajstić information content (AvgIpc) is 2.68. The van der Waals surface area contributed by atoms with E-state index in [1.807, 2.05) is 45.0 Å². The zero-order valence-electron chi connectivity index (χ0n) is 16.1. The smallest absolute Gasteiger partial charge is 0.253 e. The van der Waals surface area contributed by atoms with E-state index in [0.717, 1.165) is 17.1 Å². The minimum absolute atomic E-state index is 0.0748. The first-order chi connectivity index (χ1) is 12.9. The Bertz CT molecular complexity index is 777. The SMILES string of the molecule is CC[C@H](C)NC(=O)c1ccccc1NC(=O)[C@H](C)Sc1ccc(OC)cc1. The summed E-state index contributed by atoms with van der Waals surface area (Å²) in [5, 5.41) is 5.50. The molecule has 2 aromatic rings. The highest BCUT2D eigenvalue weighted by Crippen LogP contribution is 2.26. The van der Waals surface area contributed by atoms with E-state index < -0.39 is 0 Å². The van der Waals surface area contributed by atoms with Crippen LogP contribution in [0.1, 0.15) is 37.6 Å². The van der Waals surface area contributed by atoms with Crippen molar-refractivity contribution in [3.63, 3.8) is 0 Å². The monoisotopic (exact) mass is 386 g/mol. The summed E-state index contributed by atoms with van der Waals surface area (Å²) in [6.45, 7) is 5.80. The molecule has 0 saturated heterocycles. The highest BCUT2D eigenvalue weighted by molar-refractivity contribution is 8.00. The number of rotatable bonds is 8. The van der Waals surface area contributed by atoms with Gasteiger partial charge in [-0.3, -0.25) is 9.59 Å². The third-order valence-electron chi connectivity index (χ3n) is 4.16. The number of anilines is 1. The number of nitrogens with one attached hydrogen (secondary N) is 2. The van der Waals surface area contributed by atoms with Gasteiger partial charge in [0.2, 0.25) is 5.91 Å². The average molecular weight is 387 g/mol. The molecule has 0 aliphatic rings. The zero-order chi connectivity index (χ0) is 19.8. The Hall–Kier alpha value is -2.47. The van der Waals surface area contributed by atoms with Crippen molar-refractivity contribution in [1.29, 1.82) is 0 Å². The maximum absolute atomic E-state index is 12.6. The summed E-state index contributed by atoms with van der Waals surface area (Å²) in [4.78, 5) is 26.0. The van der Waals surface area contributed by atoms with Gasteiger partial charge in [-0.15, -0.1) is 11.8 Å². The molecule has 2 amide bonds. The van der Waals surface area contributed by atoms with Gasteiger partial charge in [0.1, 0.15) is 5.75 Å². The summed E-state index contributed by atoms with van der Waals surface area (Å²) in [7, 11) is 1.62. The molecule has 5 nitrogen and oxygen atoms in total. The summed E-state index contributed by atoms with van der Waals surface area (Å²) >= 11 is 1.45. The molecule has 27 heavy (non-hydrogen) atoms. The number of para-hydroxylation sites is 1. The molecule has 2 aromatic carbocycles. The number of amides is 2. The molecule has 0 spiro atoms. The Morgan fingerprint density at radius 3 is 2.37 bits per heavy atom. The fourth-order valence-corrected chi connectivity index (χ4v) is 3.21. The van der Waals surface area contributed by atoms with Crippen LogP contribution in [0.4, 0.5) is 5.69 Å². The lowest BCUT2D eigenvalue weighted by Gasteiger charge is -2.16. The highest BCUT2D eigenvalue weighted by atomic mass is 32.2. The third kappa shape index (κ3) is 6.03.